The van der Waals surface area contributed by atoms with Gasteiger partial charge >= 0.3 is 5.97 Å². The molecule has 0 bridgehead atoms. The Morgan fingerprint density at radius 1 is 1.80 bits per heavy atom. The molecule has 15 heavy (non-hydrogen) atoms. The van der Waals surface area contributed by atoms with Crippen LogP contribution >= 0.6 is 11.3 Å². The predicted octanol–water partition coefficient (Wildman–Crippen LogP) is 1.79. The number of epoxide rings is 1. The Balaban J connectivity index is 2.06. The van der Waals surface area contributed by atoms with Crippen LogP contribution in [0.1, 0.15) is 10.4 Å². The van der Waals surface area contributed by atoms with E-state index in [0.29, 0.717) is 6.61 Å². The lowest BCUT2D eigenvalue weighted by Gasteiger charge is -2.11. The molecule has 2 heterocycles. The number of carbonyl (C=O) groups excluding carboxylic acids is 1. The Hall–Kier alpha value is -0.870. The summed E-state index contributed by atoms with van der Waals surface area (Å²) in [5, 5.41) is 2.05. The molecule has 0 N–H and O–H groups in total. The van der Waals surface area contributed by atoms with E-state index in [2.05, 4.69) is 13.0 Å². The highest BCUT2D eigenvalue weighted by atomic mass is 32.1. The standard InChI is InChI=1S/C11H14O3S/c1-7-3-4-15-10(7)5-8(9-6-14-9)11(12)13-2/h3-4,8-9H,5-6H2,1-2H3. The Labute approximate surface area is 93.0 Å². The molecule has 82 valence electrons. The molecule has 1 saturated heterocycles. The molecule has 3 nitrogen and oxygen atoms in total. The van der Waals surface area contributed by atoms with Crippen molar-refractivity contribution in [2.24, 2.45) is 5.92 Å². The van der Waals surface area contributed by atoms with Gasteiger partial charge in [0.25, 0.3) is 0 Å². The molecule has 1 aromatic heterocycles. The molecule has 4 heteroatoms. The van der Waals surface area contributed by atoms with Crippen molar-refractivity contribution in [1.29, 1.82) is 0 Å². The fourth-order valence-corrected chi connectivity index (χ4v) is 2.58. The number of thiophene rings is 1. The highest BCUT2D eigenvalue weighted by Gasteiger charge is 2.38. The molecule has 0 saturated carbocycles. The fraction of sp³-hybridized carbons (Fsp3) is 0.545. The van der Waals surface area contributed by atoms with Crippen LogP contribution in [0.3, 0.4) is 0 Å². The van der Waals surface area contributed by atoms with Crippen molar-refractivity contribution >= 4 is 17.3 Å². The van der Waals surface area contributed by atoms with E-state index >= 15 is 0 Å². The van der Waals surface area contributed by atoms with Crippen LogP contribution in [0.15, 0.2) is 11.4 Å². The summed E-state index contributed by atoms with van der Waals surface area (Å²) < 4.78 is 9.97. The largest absolute Gasteiger partial charge is 0.469 e. The zero-order chi connectivity index (χ0) is 10.8. The summed E-state index contributed by atoms with van der Waals surface area (Å²) in [6.07, 6.45) is 0.805. The van der Waals surface area contributed by atoms with Crippen molar-refractivity contribution in [3.63, 3.8) is 0 Å². The first-order chi connectivity index (χ1) is 7.22. The first kappa shape index (κ1) is 10.6. The molecule has 0 spiro atoms. The second kappa shape index (κ2) is 4.33. The molecule has 1 aliphatic heterocycles. The van der Waals surface area contributed by atoms with Gasteiger partial charge in [0.2, 0.25) is 0 Å². The lowest BCUT2D eigenvalue weighted by molar-refractivity contribution is -0.146. The van der Waals surface area contributed by atoms with Crippen LogP contribution in [0.25, 0.3) is 0 Å². The number of hydrogen-bond donors (Lipinski definition) is 0. The molecule has 1 aromatic rings. The maximum Gasteiger partial charge on any atom is 0.311 e. The van der Waals surface area contributed by atoms with Gasteiger partial charge in [-0.15, -0.1) is 11.3 Å². The predicted molar refractivity (Wildman–Crippen MR) is 58.0 cm³/mol. The van der Waals surface area contributed by atoms with Gasteiger partial charge in [0, 0.05) is 4.88 Å². The monoisotopic (exact) mass is 226 g/mol. The summed E-state index contributed by atoms with van der Waals surface area (Å²) in [6, 6.07) is 2.07. The van der Waals surface area contributed by atoms with E-state index in [1.165, 1.54) is 17.6 Å². The lowest BCUT2D eigenvalue weighted by atomic mass is 10.00. The zero-order valence-corrected chi connectivity index (χ0v) is 9.67. The third kappa shape index (κ3) is 2.38. The molecule has 0 aliphatic carbocycles. The van der Waals surface area contributed by atoms with E-state index in [1.807, 2.05) is 5.38 Å². The third-order valence-corrected chi connectivity index (χ3v) is 3.73. The average Bonchev–Trinajstić information content (AvgIpc) is 2.99. The van der Waals surface area contributed by atoms with Crippen molar-refractivity contribution in [1.82, 2.24) is 0 Å². The van der Waals surface area contributed by atoms with Crippen molar-refractivity contribution in [2.75, 3.05) is 13.7 Å². The van der Waals surface area contributed by atoms with Crippen LogP contribution in [-0.2, 0) is 20.7 Å². The number of hydrogen-bond acceptors (Lipinski definition) is 4. The SMILES string of the molecule is COC(=O)C(Cc1sccc1C)C1CO1. The first-order valence-electron chi connectivity index (χ1n) is 4.94. The molecular formula is C11H14O3S. The molecule has 2 rings (SSSR count). The van der Waals surface area contributed by atoms with E-state index in [9.17, 15) is 4.79 Å². The van der Waals surface area contributed by atoms with Gasteiger partial charge in [0.1, 0.15) is 0 Å². The smallest absolute Gasteiger partial charge is 0.311 e. The van der Waals surface area contributed by atoms with Gasteiger partial charge in [-0.2, -0.15) is 0 Å². The Kier molecular flexibility index (Phi) is 3.07. The summed E-state index contributed by atoms with van der Waals surface area (Å²) >= 11 is 1.69. The molecule has 2 atom stereocenters. The van der Waals surface area contributed by atoms with E-state index in [-0.39, 0.29) is 18.0 Å². The minimum atomic E-state index is -0.162. The average molecular weight is 226 g/mol. The number of carbonyl (C=O) groups is 1. The van der Waals surface area contributed by atoms with Crippen LogP contribution < -0.4 is 0 Å². The van der Waals surface area contributed by atoms with Crippen molar-refractivity contribution in [3.05, 3.63) is 21.9 Å². The van der Waals surface area contributed by atoms with Crippen LogP contribution in [0.4, 0.5) is 0 Å². The maximum absolute atomic E-state index is 11.5. The topological polar surface area (TPSA) is 38.8 Å². The van der Waals surface area contributed by atoms with Crippen molar-refractivity contribution < 1.29 is 14.3 Å². The number of rotatable bonds is 4. The van der Waals surface area contributed by atoms with E-state index in [4.69, 9.17) is 9.47 Å². The first-order valence-corrected chi connectivity index (χ1v) is 5.82. The summed E-state index contributed by atoms with van der Waals surface area (Å²) in [4.78, 5) is 12.8. The number of ether oxygens (including phenoxy) is 2. The molecule has 2 unspecified atom stereocenters. The van der Waals surface area contributed by atoms with Gasteiger partial charge in [-0.05, 0) is 30.4 Å². The van der Waals surface area contributed by atoms with Gasteiger partial charge in [0.15, 0.2) is 0 Å². The normalized spacial score (nSPS) is 21.1. The van der Waals surface area contributed by atoms with Gasteiger partial charge in [-0.1, -0.05) is 0 Å². The Morgan fingerprint density at radius 2 is 2.53 bits per heavy atom. The van der Waals surface area contributed by atoms with Crippen LogP contribution in [0, 0.1) is 12.8 Å². The van der Waals surface area contributed by atoms with Crippen molar-refractivity contribution in [2.45, 2.75) is 19.4 Å². The minimum Gasteiger partial charge on any atom is -0.469 e. The third-order valence-electron chi connectivity index (χ3n) is 2.69. The lowest BCUT2D eigenvalue weighted by Crippen LogP contribution is -2.23. The summed E-state index contributed by atoms with van der Waals surface area (Å²) in [5.74, 6) is -0.294. The minimum absolute atomic E-state index is 0.0685. The van der Waals surface area contributed by atoms with Crippen LogP contribution in [0.2, 0.25) is 0 Å². The summed E-state index contributed by atoms with van der Waals surface area (Å²) in [6.45, 7) is 2.75. The van der Waals surface area contributed by atoms with E-state index in [1.54, 1.807) is 11.3 Å². The van der Waals surface area contributed by atoms with Crippen molar-refractivity contribution in [3.8, 4) is 0 Å². The Bertz CT molecular complexity index is 354. The van der Waals surface area contributed by atoms with Gasteiger partial charge < -0.3 is 9.47 Å². The summed E-state index contributed by atoms with van der Waals surface area (Å²) in [5.41, 5.74) is 1.24. The maximum atomic E-state index is 11.5. The molecule has 1 aliphatic rings. The number of aryl methyl sites for hydroxylation is 1. The van der Waals surface area contributed by atoms with Crippen LogP contribution in [-0.4, -0.2) is 25.8 Å². The van der Waals surface area contributed by atoms with Crippen LogP contribution in [0.5, 0.6) is 0 Å². The molecular weight excluding hydrogens is 212 g/mol. The highest BCUT2D eigenvalue weighted by molar-refractivity contribution is 7.10. The number of methoxy groups -OCH3 is 1. The second-order valence-corrected chi connectivity index (χ2v) is 4.73. The molecule has 0 aromatic carbocycles. The molecule has 0 amide bonds. The molecule has 0 radical (unpaired) electrons. The zero-order valence-electron chi connectivity index (χ0n) is 8.86. The van der Waals surface area contributed by atoms with E-state index in [0.717, 1.165) is 6.42 Å². The van der Waals surface area contributed by atoms with E-state index < -0.39 is 0 Å². The fourth-order valence-electron chi connectivity index (χ4n) is 1.62. The Morgan fingerprint density at radius 3 is 3.00 bits per heavy atom. The van der Waals surface area contributed by atoms with Gasteiger partial charge in [-0.3, -0.25) is 4.79 Å². The molecule has 1 fully saturated rings. The quantitative estimate of drug-likeness (QED) is 0.580. The van der Waals surface area contributed by atoms with Gasteiger partial charge in [-0.25, -0.2) is 0 Å². The van der Waals surface area contributed by atoms with Gasteiger partial charge in [0.05, 0.1) is 25.7 Å². The second-order valence-electron chi connectivity index (χ2n) is 3.73. The summed E-state index contributed by atoms with van der Waals surface area (Å²) in [7, 11) is 1.43. The number of esters is 1. The highest BCUT2D eigenvalue weighted by Crippen LogP contribution is 2.28.